The van der Waals surface area contributed by atoms with Gasteiger partial charge in [-0.05, 0) is 85.6 Å². The molecule has 0 unspecified atom stereocenters. The number of hydrogen-bond acceptors (Lipinski definition) is 10. The zero-order valence-corrected chi connectivity index (χ0v) is 39.0. The van der Waals surface area contributed by atoms with Gasteiger partial charge in [0, 0.05) is 60.7 Å². The van der Waals surface area contributed by atoms with E-state index in [-0.39, 0.29) is 24.4 Å². The maximum atomic E-state index is 12.8. The summed E-state index contributed by atoms with van der Waals surface area (Å²) in [4.78, 5) is 32.4. The number of nitrogens with zero attached hydrogens (tertiary/aromatic N) is 4. The normalized spacial score (nSPS) is 11.5. The van der Waals surface area contributed by atoms with E-state index in [4.69, 9.17) is 18.9 Å². The van der Waals surface area contributed by atoms with E-state index < -0.39 is 31.2 Å². The quantitative estimate of drug-likeness (QED) is 0.0591. The number of nitrogens with one attached hydrogen (secondary N) is 2. The molecule has 0 aliphatic heterocycles. The molecule has 71 heavy (non-hydrogen) atoms. The Balaban J connectivity index is 0.000000209. The molecular weight excluding hydrogens is 935 g/mol. The number of benzene rings is 6. The Hall–Kier alpha value is -8.22. The maximum absolute atomic E-state index is 12.8. The minimum atomic E-state index is -4.31. The van der Waals surface area contributed by atoms with Crippen molar-refractivity contribution in [3.63, 3.8) is 0 Å². The summed E-state index contributed by atoms with van der Waals surface area (Å²) in [5.74, 6) is 1.69. The number of halogens is 6. The van der Waals surface area contributed by atoms with E-state index in [1.54, 1.807) is 103 Å². The summed E-state index contributed by atoms with van der Waals surface area (Å²) in [7, 11) is 3.04. The Morgan fingerprint density at radius 2 is 1.00 bits per heavy atom. The lowest BCUT2D eigenvalue weighted by atomic mass is 10.0. The fourth-order valence-corrected chi connectivity index (χ4v) is 7.66. The molecule has 0 spiro atoms. The minimum Gasteiger partial charge on any atom is -0.493 e. The van der Waals surface area contributed by atoms with E-state index in [1.165, 1.54) is 26.6 Å². The van der Waals surface area contributed by atoms with Crippen molar-refractivity contribution in [2.24, 2.45) is 0 Å². The van der Waals surface area contributed by atoms with Gasteiger partial charge in [0.2, 0.25) is 0 Å². The average Bonchev–Trinajstić information content (AvgIpc) is 3.96. The van der Waals surface area contributed by atoms with Gasteiger partial charge in [-0.25, -0.2) is 14.8 Å². The number of ketones is 1. The van der Waals surface area contributed by atoms with Crippen molar-refractivity contribution in [3.8, 4) is 45.9 Å². The van der Waals surface area contributed by atoms with Crippen molar-refractivity contribution in [1.29, 1.82) is 0 Å². The van der Waals surface area contributed by atoms with Crippen molar-refractivity contribution in [2.75, 3.05) is 37.9 Å². The molecular formula is C52H48F6N6O7. The molecule has 0 saturated carbocycles. The number of para-hydroxylation sites is 4. The number of rotatable bonds is 17. The molecule has 0 radical (unpaired) electrons. The molecule has 0 aliphatic rings. The zero-order valence-electron chi connectivity index (χ0n) is 39.0. The third-order valence-corrected chi connectivity index (χ3v) is 11.1. The molecule has 13 nitrogen and oxygen atoms in total. The van der Waals surface area contributed by atoms with Crippen LogP contribution in [0.4, 0.5) is 37.7 Å². The number of imidazole rings is 2. The van der Waals surface area contributed by atoms with Crippen molar-refractivity contribution < 1.29 is 60.0 Å². The Morgan fingerprint density at radius 1 is 0.592 bits per heavy atom. The molecule has 0 saturated heterocycles. The van der Waals surface area contributed by atoms with Gasteiger partial charge in [-0.3, -0.25) is 13.9 Å². The standard InChI is InChI=1S/C27H26F3N3O3.C25H22F3N3O4/c1-4-23(34)20-10-9-18(13-17(20)2)33-16-32-26-21(31-12-11-27(28,29)30)14-19(15-22(26)33)36-25-8-6-5-7-24(25)35-3;1-15-11-16(7-8-18(15)24(32)33)31-14-30-23-19(29-10-9-25(26,27)28)12-17(13-20(23)31)35-22-6-4-3-5-21(22)34-2/h5-10,13-16,31H,4,11-12H2,1-3H3;3-8,11-14,29H,9-10H2,1-2H3,(H,32,33). The average molecular weight is 983 g/mol. The fraction of sp³-hybridized carbons (Fsp3) is 0.231. The van der Waals surface area contributed by atoms with Crippen LogP contribution < -0.4 is 29.6 Å². The number of carbonyl (C=O) groups is 2. The van der Waals surface area contributed by atoms with Crippen LogP contribution in [-0.2, 0) is 0 Å². The van der Waals surface area contributed by atoms with Gasteiger partial charge in [0.1, 0.15) is 35.2 Å². The Bertz CT molecular complexity index is 3200. The van der Waals surface area contributed by atoms with Gasteiger partial charge >= 0.3 is 18.3 Å². The number of alkyl halides is 6. The van der Waals surface area contributed by atoms with Gasteiger partial charge in [-0.1, -0.05) is 31.2 Å². The number of aromatic nitrogens is 4. The second-order valence-electron chi connectivity index (χ2n) is 16.1. The van der Waals surface area contributed by atoms with Gasteiger partial charge in [0.25, 0.3) is 0 Å². The first-order chi connectivity index (χ1) is 33.9. The van der Waals surface area contributed by atoms with Crippen LogP contribution in [0, 0.1) is 13.8 Å². The van der Waals surface area contributed by atoms with E-state index in [0.717, 1.165) is 11.3 Å². The van der Waals surface area contributed by atoms with E-state index in [2.05, 4.69) is 20.6 Å². The molecule has 0 aliphatic carbocycles. The Labute approximate surface area is 403 Å². The summed E-state index contributed by atoms with van der Waals surface area (Å²) in [5.41, 5.74) is 6.53. The molecule has 2 heterocycles. The number of fused-ring (bicyclic) bond motifs is 2. The van der Waals surface area contributed by atoms with Crippen molar-refractivity contribution in [1.82, 2.24) is 19.1 Å². The highest BCUT2D eigenvalue weighted by atomic mass is 19.4. The highest BCUT2D eigenvalue weighted by molar-refractivity contribution is 5.98. The first kappa shape index (κ1) is 50.7. The van der Waals surface area contributed by atoms with Crippen LogP contribution in [0.15, 0.2) is 122 Å². The first-order valence-electron chi connectivity index (χ1n) is 22.1. The maximum Gasteiger partial charge on any atom is 0.390 e. The third kappa shape index (κ3) is 12.3. The molecule has 0 atom stereocenters. The van der Waals surface area contributed by atoms with Crippen LogP contribution in [-0.4, -0.2) is 75.6 Å². The van der Waals surface area contributed by atoms with Crippen LogP contribution in [0.5, 0.6) is 34.5 Å². The topological polar surface area (TPSA) is 151 Å². The van der Waals surface area contributed by atoms with Crippen molar-refractivity contribution in [3.05, 3.63) is 144 Å². The number of methoxy groups -OCH3 is 2. The van der Waals surface area contributed by atoms with Crippen molar-refractivity contribution in [2.45, 2.75) is 52.4 Å². The highest BCUT2D eigenvalue weighted by Crippen LogP contribution is 2.38. The van der Waals surface area contributed by atoms with Gasteiger partial charge < -0.3 is 34.7 Å². The Morgan fingerprint density at radius 3 is 1.37 bits per heavy atom. The first-order valence-corrected chi connectivity index (χ1v) is 22.1. The van der Waals surface area contributed by atoms with Gasteiger partial charge in [0.05, 0.1) is 55.0 Å². The summed E-state index contributed by atoms with van der Waals surface area (Å²) in [6.07, 6.45) is -7.05. The molecule has 0 bridgehead atoms. The smallest absolute Gasteiger partial charge is 0.390 e. The van der Waals surface area contributed by atoms with E-state index in [1.807, 2.05) is 36.6 Å². The number of carbonyl (C=O) groups excluding carboxylic acids is 1. The molecule has 8 rings (SSSR count). The lowest BCUT2D eigenvalue weighted by molar-refractivity contribution is -0.132. The van der Waals surface area contributed by atoms with Crippen molar-refractivity contribution >= 4 is 45.2 Å². The molecule has 0 fully saturated rings. The number of anilines is 2. The number of ether oxygens (including phenoxy) is 4. The molecule has 6 aromatic carbocycles. The molecule has 19 heteroatoms. The summed E-state index contributed by atoms with van der Waals surface area (Å²) in [6.45, 7) is 4.72. The third-order valence-electron chi connectivity index (χ3n) is 11.1. The summed E-state index contributed by atoms with van der Waals surface area (Å²) < 4.78 is 103. The summed E-state index contributed by atoms with van der Waals surface area (Å²) in [5, 5.41) is 15.0. The molecule has 0 amide bonds. The molecule has 370 valence electrons. The predicted octanol–water partition coefficient (Wildman–Crippen LogP) is 13.3. The largest absolute Gasteiger partial charge is 0.493 e. The monoisotopic (exact) mass is 982 g/mol. The van der Waals surface area contributed by atoms with E-state index >= 15 is 0 Å². The van der Waals surface area contributed by atoms with Crippen LogP contribution >= 0.6 is 0 Å². The lowest BCUT2D eigenvalue weighted by Gasteiger charge is -2.14. The van der Waals surface area contributed by atoms with Gasteiger partial charge in [0.15, 0.2) is 28.8 Å². The lowest BCUT2D eigenvalue weighted by Crippen LogP contribution is -2.14. The number of aryl methyl sites for hydroxylation is 2. The van der Waals surface area contributed by atoms with Crippen LogP contribution in [0.2, 0.25) is 0 Å². The number of carboxylic acids is 1. The second kappa shape index (κ2) is 21.6. The number of carboxylic acid groups (broad SMARTS) is 1. The van der Waals surface area contributed by atoms with Crippen LogP contribution in [0.3, 0.4) is 0 Å². The number of aromatic carboxylic acids is 1. The number of hydrogen-bond donors (Lipinski definition) is 3. The summed E-state index contributed by atoms with van der Waals surface area (Å²) >= 11 is 0. The second-order valence-corrected chi connectivity index (χ2v) is 16.1. The van der Waals surface area contributed by atoms with Gasteiger partial charge in [-0.15, -0.1) is 0 Å². The summed E-state index contributed by atoms with van der Waals surface area (Å²) in [6, 6.07) is 31.1. The fourth-order valence-electron chi connectivity index (χ4n) is 7.66. The predicted molar refractivity (Wildman–Crippen MR) is 258 cm³/mol. The minimum absolute atomic E-state index is 0.0539. The SMILES string of the molecule is CCC(=O)c1ccc(-n2cnc3c(NCCC(F)(F)F)cc(Oc4ccccc4OC)cc32)cc1C.COc1ccccc1Oc1cc(NCCC(F)(F)F)c2ncn(-c3ccc(C(=O)O)c(C)c3)c2c1. The highest BCUT2D eigenvalue weighted by Gasteiger charge is 2.28. The molecule has 8 aromatic rings. The van der Waals surface area contributed by atoms with Gasteiger partial charge in [-0.2, -0.15) is 26.3 Å². The van der Waals surface area contributed by atoms with Crippen LogP contribution in [0.25, 0.3) is 33.4 Å². The van der Waals surface area contributed by atoms with E-state index in [0.29, 0.717) is 91.2 Å². The van der Waals surface area contributed by atoms with Crippen LogP contribution in [0.1, 0.15) is 58.0 Å². The van der Waals surface area contributed by atoms with E-state index in [9.17, 15) is 41.0 Å². The zero-order chi connectivity index (χ0) is 51.0. The molecule has 3 N–H and O–H groups in total. The molecule has 2 aromatic heterocycles. The number of Topliss-reactive ketones (excluding diaryl/α,β-unsaturated/α-hetero) is 1. The Kier molecular flexibility index (Phi) is 15.4.